The van der Waals surface area contributed by atoms with Crippen molar-refractivity contribution in [2.75, 3.05) is 0 Å². The number of aldehydes is 1. The van der Waals surface area contributed by atoms with Crippen LogP contribution in [0.4, 0.5) is 0 Å². The first-order valence-electron chi connectivity index (χ1n) is 3.59. The Morgan fingerprint density at radius 2 is 2.21 bits per heavy atom. The second-order valence-corrected chi connectivity index (χ2v) is 3.56. The van der Waals surface area contributed by atoms with E-state index in [1.54, 1.807) is 0 Å². The molecule has 0 fully saturated rings. The lowest BCUT2D eigenvalue weighted by Crippen LogP contribution is -2.16. The van der Waals surface area contributed by atoms with E-state index in [-0.39, 0.29) is 11.1 Å². The van der Waals surface area contributed by atoms with Gasteiger partial charge in [-0.1, -0.05) is 0 Å². The minimum absolute atomic E-state index is 0.109. The van der Waals surface area contributed by atoms with Crippen molar-refractivity contribution in [2.24, 2.45) is 5.73 Å². The number of primary amides is 1. The first-order valence-corrected chi connectivity index (χ1v) is 4.67. The number of halogens is 1. The molecule has 0 aliphatic rings. The third-order valence-electron chi connectivity index (χ3n) is 1.67. The van der Waals surface area contributed by atoms with Gasteiger partial charge >= 0.3 is 0 Å². The van der Waals surface area contributed by atoms with Crippen LogP contribution in [-0.4, -0.2) is 12.2 Å². The molecule has 0 saturated carbocycles. The maximum atomic E-state index is 11.0. The van der Waals surface area contributed by atoms with Crippen LogP contribution in [0.15, 0.2) is 12.1 Å². The second kappa shape index (κ2) is 4.19. The minimum atomic E-state index is -0.699. The molecule has 2 N–H and O–H groups in total. The normalized spacial score (nSPS) is 9.14. The van der Waals surface area contributed by atoms with Crippen LogP contribution in [0.5, 0.6) is 0 Å². The molecule has 0 atom stereocenters. The van der Waals surface area contributed by atoms with Crippen molar-refractivity contribution in [1.82, 2.24) is 0 Å². The summed E-state index contributed by atoms with van der Waals surface area (Å²) >= 11 is 1.82. The molecular formula is C9H5IN2O2. The highest BCUT2D eigenvalue weighted by Crippen LogP contribution is 2.19. The van der Waals surface area contributed by atoms with Gasteiger partial charge in [0, 0.05) is 9.13 Å². The molecule has 0 aliphatic heterocycles. The van der Waals surface area contributed by atoms with Gasteiger partial charge in [0.15, 0.2) is 6.29 Å². The van der Waals surface area contributed by atoms with Crippen molar-refractivity contribution in [2.45, 2.75) is 0 Å². The Kier molecular flexibility index (Phi) is 3.19. The molecule has 4 nitrogen and oxygen atoms in total. The highest BCUT2D eigenvalue weighted by atomic mass is 127. The Labute approximate surface area is 93.8 Å². The fourth-order valence-electron chi connectivity index (χ4n) is 1.02. The van der Waals surface area contributed by atoms with E-state index in [4.69, 9.17) is 11.0 Å². The lowest BCUT2D eigenvalue weighted by atomic mass is 10.0. The standard InChI is InChI=1S/C9H5IN2O2/c10-8-6(4-13)2-1-5(3-11)7(8)9(12)14/h1-2,4H,(H2,12,14). The van der Waals surface area contributed by atoms with Crippen LogP contribution in [0, 0.1) is 14.9 Å². The van der Waals surface area contributed by atoms with Crippen molar-refractivity contribution < 1.29 is 9.59 Å². The number of amides is 1. The third-order valence-corrected chi connectivity index (χ3v) is 2.83. The van der Waals surface area contributed by atoms with Crippen LogP contribution in [0.25, 0.3) is 0 Å². The highest BCUT2D eigenvalue weighted by Gasteiger charge is 2.15. The van der Waals surface area contributed by atoms with E-state index in [0.717, 1.165) is 0 Å². The van der Waals surface area contributed by atoms with Gasteiger partial charge in [-0.2, -0.15) is 5.26 Å². The summed E-state index contributed by atoms with van der Waals surface area (Å²) in [4.78, 5) is 21.6. The van der Waals surface area contributed by atoms with Crippen LogP contribution < -0.4 is 5.73 Å². The predicted molar refractivity (Wildman–Crippen MR) is 57.8 cm³/mol. The predicted octanol–water partition coefficient (Wildman–Crippen LogP) is 1.07. The Hall–Kier alpha value is -1.42. The number of carbonyl (C=O) groups is 2. The van der Waals surface area contributed by atoms with Gasteiger partial charge in [-0.15, -0.1) is 0 Å². The first-order chi connectivity index (χ1) is 6.61. The van der Waals surface area contributed by atoms with Gasteiger partial charge in [0.05, 0.1) is 17.2 Å². The van der Waals surface area contributed by atoms with Crippen molar-refractivity contribution in [3.8, 4) is 6.07 Å². The summed E-state index contributed by atoms with van der Waals surface area (Å²) in [7, 11) is 0. The maximum absolute atomic E-state index is 11.0. The number of nitrogens with zero attached hydrogens (tertiary/aromatic N) is 1. The highest BCUT2D eigenvalue weighted by molar-refractivity contribution is 14.1. The molecule has 0 unspecified atom stereocenters. The summed E-state index contributed by atoms with van der Waals surface area (Å²) in [6.45, 7) is 0. The fourth-order valence-corrected chi connectivity index (χ4v) is 1.88. The van der Waals surface area contributed by atoms with Gasteiger partial charge in [-0.05, 0) is 34.7 Å². The van der Waals surface area contributed by atoms with Crippen molar-refractivity contribution in [3.63, 3.8) is 0 Å². The average molecular weight is 300 g/mol. The molecule has 14 heavy (non-hydrogen) atoms. The first kappa shape index (κ1) is 10.7. The van der Waals surface area contributed by atoms with Gasteiger partial charge in [-0.25, -0.2) is 0 Å². The average Bonchev–Trinajstić information content (AvgIpc) is 2.16. The maximum Gasteiger partial charge on any atom is 0.251 e. The molecule has 1 amide bonds. The van der Waals surface area contributed by atoms with E-state index >= 15 is 0 Å². The molecule has 1 rings (SSSR count). The number of rotatable bonds is 2. The van der Waals surface area contributed by atoms with E-state index in [9.17, 15) is 9.59 Å². The summed E-state index contributed by atoms with van der Waals surface area (Å²) in [5.74, 6) is -0.699. The van der Waals surface area contributed by atoms with Gasteiger partial charge in [0.2, 0.25) is 0 Å². The Morgan fingerprint density at radius 3 is 2.64 bits per heavy atom. The number of carbonyl (C=O) groups excluding carboxylic acids is 2. The summed E-state index contributed by atoms with van der Waals surface area (Å²) in [5, 5.41) is 8.71. The molecule has 1 aromatic rings. The number of nitriles is 1. The number of hydrogen-bond donors (Lipinski definition) is 1. The lowest BCUT2D eigenvalue weighted by Gasteiger charge is -2.04. The molecule has 0 saturated heterocycles. The molecule has 0 bridgehead atoms. The molecule has 0 aromatic heterocycles. The molecule has 70 valence electrons. The Bertz CT molecular complexity index is 449. The Morgan fingerprint density at radius 1 is 1.57 bits per heavy atom. The van der Waals surface area contributed by atoms with Gasteiger partial charge < -0.3 is 5.73 Å². The van der Waals surface area contributed by atoms with E-state index in [0.29, 0.717) is 15.4 Å². The van der Waals surface area contributed by atoms with E-state index in [1.165, 1.54) is 12.1 Å². The Balaban J connectivity index is 3.56. The summed E-state index contributed by atoms with van der Waals surface area (Å²) in [5.41, 5.74) is 5.76. The second-order valence-electron chi connectivity index (χ2n) is 2.49. The quantitative estimate of drug-likeness (QED) is 0.655. The van der Waals surface area contributed by atoms with Gasteiger partial charge in [-0.3, -0.25) is 9.59 Å². The van der Waals surface area contributed by atoms with Crippen molar-refractivity contribution >= 4 is 34.8 Å². The molecule has 1 aromatic carbocycles. The van der Waals surface area contributed by atoms with Gasteiger partial charge in [0.25, 0.3) is 5.91 Å². The zero-order valence-electron chi connectivity index (χ0n) is 6.95. The number of hydrogen-bond acceptors (Lipinski definition) is 3. The summed E-state index contributed by atoms with van der Waals surface area (Å²) < 4.78 is 0.421. The van der Waals surface area contributed by atoms with Crippen molar-refractivity contribution in [1.29, 1.82) is 5.26 Å². The van der Waals surface area contributed by atoms with E-state index in [1.807, 2.05) is 28.7 Å². The minimum Gasteiger partial charge on any atom is -0.366 e. The molecule has 0 spiro atoms. The van der Waals surface area contributed by atoms with Crippen LogP contribution in [0.2, 0.25) is 0 Å². The zero-order valence-corrected chi connectivity index (χ0v) is 9.11. The van der Waals surface area contributed by atoms with Gasteiger partial charge in [0.1, 0.15) is 0 Å². The SMILES string of the molecule is N#Cc1ccc(C=O)c(I)c1C(N)=O. The molecular weight excluding hydrogens is 295 g/mol. The number of benzene rings is 1. The van der Waals surface area contributed by atoms with Crippen LogP contribution in [0.3, 0.4) is 0 Å². The van der Waals surface area contributed by atoms with Crippen LogP contribution >= 0.6 is 22.6 Å². The third kappa shape index (κ3) is 1.75. The molecule has 0 radical (unpaired) electrons. The molecule has 5 heteroatoms. The van der Waals surface area contributed by atoms with E-state index < -0.39 is 5.91 Å². The smallest absolute Gasteiger partial charge is 0.251 e. The largest absolute Gasteiger partial charge is 0.366 e. The van der Waals surface area contributed by atoms with E-state index in [2.05, 4.69) is 0 Å². The van der Waals surface area contributed by atoms with Crippen LogP contribution in [0.1, 0.15) is 26.3 Å². The molecule has 0 aliphatic carbocycles. The zero-order chi connectivity index (χ0) is 10.7. The number of nitrogens with two attached hydrogens (primary N) is 1. The molecule has 0 heterocycles. The van der Waals surface area contributed by atoms with Crippen molar-refractivity contribution in [3.05, 3.63) is 32.4 Å². The monoisotopic (exact) mass is 300 g/mol. The topological polar surface area (TPSA) is 83.9 Å². The van der Waals surface area contributed by atoms with Crippen LogP contribution in [-0.2, 0) is 0 Å². The summed E-state index contributed by atoms with van der Waals surface area (Å²) in [6, 6.07) is 4.74. The summed E-state index contributed by atoms with van der Waals surface area (Å²) in [6.07, 6.45) is 0.620. The fraction of sp³-hybridized carbons (Fsp3) is 0. The lowest BCUT2D eigenvalue weighted by molar-refractivity contribution is 0.0999.